The Bertz CT molecular complexity index is 962. The number of hydrogen-bond acceptors (Lipinski definition) is 3. The number of nitrogens with one attached hydrogen (secondary N) is 1. The van der Waals surface area contributed by atoms with Gasteiger partial charge in [-0.1, -0.05) is 48.5 Å². The normalized spacial score (nSPS) is 21.6. The van der Waals surface area contributed by atoms with Gasteiger partial charge in [0.15, 0.2) is 0 Å². The zero-order valence-corrected chi connectivity index (χ0v) is 16.7. The minimum Gasteiger partial charge on any atom is -0.508 e. The average Bonchev–Trinajstić information content (AvgIpc) is 2.79. The van der Waals surface area contributed by atoms with Crippen LogP contribution in [0.3, 0.4) is 0 Å². The first-order valence-corrected chi connectivity index (χ1v) is 10.7. The molecule has 1 heterocycles. The maximum absolute atomic E-state index is 10.00. The van der Waals surface area contributed by atoms with Gasteiger partial charge >= 0.3 is 0 Å². The molecule has 0 unspecified atom stereocenters. The topological polar surface area (TPSA) is 35.5 Å². The second-order valence-electron chi connectivity index (χ2n) is 8.25. The van der Waals surface area contributed by atoms with E-state index in [-0.39, 0.29) is 0 Å². The molecule has 0 saturated carbocycles. The monoisotopic (exact) mass is 384 g/mol. The molecule has 0 radical (unpaired) electrons. The van der Waals surface area contributed by atoms with Crippen LogP contribution in [-0.2, 0) is 6.42 Å². The summed E-state index contributed by atoms with van der Waals surface area (Å²) in [6.07, 6.45) is 2.11. The summed E-state index contributed by atoms with van der Waals surface area (Å²) in [4.78, 5) is 2.46. The molecule has 1 fully saturated rings. The van der Waals surface area contributed by atoms with Crippen LogP contribution in [0.2, 0.25) is 0 Å². The van der Waals surface area contributed by atoms with E-state index in [4.69, 9.17) is 0 Å². The first-order chi connectivity index (χ1) is 14.3. The number of fused-ring (bicyclic) bond motifs is 1. The summed E-state index contributed by atoms with van der Waals surface area (Å²) >= 11 is 0. The third kappa shape index (κ3) is 3.63. The van der Waals surface area contributed by atoms with Crippen LogP contribution in [0.25, 0.3) is 0 Å². The molecule has 0 spiro atoms. The molecule has 148 valence electrons. The van der Waals surface area contributed by atoms with Crippen molar-refractivity contribution in [1.29, 1.82) is 0 Å². The standard InChI is InChI=1S/C26H28N2O/c29-23-11-13-25-21(18-23)8-12-24(19-4-2-1-3-5-19)26(25)20-6-9-22(10-7-20)28-16-14-27-15-17-28/h1-7,9-11,13,18,24,26-27,29H,8,12,14-17H2/t24-,26+/m1/s1. The highest BCUT2D eigenvalue weighted by molar-refractivity contribution is 5.52. The quantitative estimate of drug-likeness (QED) is 0.689. The van der Waals surface area contributed by atoms with E-state index in [1.807, 2.05) is 12.1 Å². The number of piperazine rings is 1. The molecule has 29 heavy (non-hydrogen) atoms. The highest BCUT2D eigenvalue weighted by atomic mass is 16.3. The number of phenols is 1. The Kier molecular flexibility index (Phi) is 4.99. The van der Waals surface area contributed by atoms with E-state index in [1.165, 1.54) is 27.9 Å². The van der Waals surface area contributed by atoms with Gasteiger partial charge in [-0.25, -0.2) is 0 Å². The van der Waals surface area contributed by atoms with Crippen LogP contribution in [0.1, 0.15) is 40.5 Å². The number of anilines is 1. The van der Waals surface area contributed by atoms with Gasteiger partial charge in [-0.3, -0.25) is 0 Å². The van der Waals surface area contributed by atoms with E-state index < -0.39 is 0 Å². The van der Waals surface area contributed by atoms with Gasteiger partial charge in [-0.2, -0.15) is 0 Å². The van der Waals surface area contributed by atoms with Gasteiger partial charge in [0.1, 0.15) is 5.75 Å². The molecule has 3 nitrogen and oxygen atoms in total. The number of rotatable bonds is 3. The molecule has 3 aromatic carbocycles. The molecule has 1 saturated heterocycles. The van der Waals surface area contributed by atoms with Gasteiger partial charge in [-0.15, -0.1) is 0 Å². The summed E-state index contributed by atoms with van der Waals surface area (Å²) in [5.74, 6) is 1.15. The van der Waals surface area contributed by atoms with Crippen molar-refractivity contribution in [3.05, 3.63) is 95.1 Å². The molecular weight excluding hydrogens is 356 g/mol. The minimum atomic E-state index is 0.318. The van der Waals surface area contributed by atoms with Crippen molar-refractivity contribution in [3.8, 4) is 5.75 Å². The molecule has 0 amide bonds. The van der Waals surface area contributed by atoms with Gasteiger partial charge < -0.3 is 15.3 Å². The predicted molar refractivity (Wildman–Crippen MR) is 119 cm³/mol. The average molecular weight is 385 g/mol. The molecule has 1 aliphatic heterocycles. The Morgan fingerprint density at radius 2 is 1.59 bits per heavy atom. The van der Waals surface area contributed by atoms with Crippen LogP contribution >= 0.6 is 0 Å². The first kappa shape index (κ1) is 18.3. The summed E-state index contributed by atoms with van der Waals surface area (Å²) < 4.78 is 0. The number of aromatic hydroxyl groups is 1. The van der Waals surface area contributed by atoms with Crippen molar-refractivity contribution < 1.29 is 5.11 Å². The predicted octanol–water partition coefficient (Wildman–Crippen LogP) is 4.66. The smallest absolute Gasteiger partial charge is 0.115 e. The number of benzene rings is 3. The lowest BCUT2D eigenvalue weighted by Gasteiger charge is -2.35. The maximum Gasteiger partial charge on any atom is 0.115 e. The van der Waals surface area contributed by atoms with Crippen LogP contribution in [0.15, 0.2) is 72.8 Å². The highest BCUT2D eigenvalue weighted by Crippen LogP contribution is 2.47. The third-order valence-electron chi connectivity index (χ3n) is 6.55. The van der Waals surface area contributed by atoms with Gasteiger partial charge in [0, 0.05) is 37.8 Å². The molecule has 2 N–H and O–H groups in total. The van der Waals surface area contributed by atoms with Crippen molar-refractivity contribution in [2.24, 2.45) is 0 Å². The van der Waals surface area contributed by atoms with Crippen molar-refractivity contribution in [2.45, 2.75) is 24.7 Å². The van der Waals surface area contributed by atoms with Gasteiger partial charge in [0.05, 0.1) is 0 Å². The maximum atomic E-state index is 10.00. The highest BCUT2D eigenvalue weighted by Gasteiger charge is 2.32. The summed E-state index contributed by atoms with van der Waals surface area (Å²) in [5.41, 5.74) is 6.73. The van der Waals surface area contributed by atoms with Crippen molar-refractivity contribution >= 4 is 5.69 Å². The van der Waals surface area contributed by atoms with Crippen molar-refractivity contribution in [2.75, 3.05) is 31.1 Å². The molecule has 0 aromatic heterocycles. The van der Waals surface area contributed by atoms with Gasteiger partial charge in [0.25, 0.3) is 0 Å². The number of aryl methyl sites for hydroxylation is 1. The number of hydrogen-bond donors (Lipinski definition) is 2. The zero-order chi connectivity index (χ0) is 19.6. The Labute approximate surface area is 173 Å². The second-order valence-corrected chi connectivity index (χ2v) is 8.25. The van der Waals surface area contributed by atoms with E-state index in [0.717, 1.165) is 39.0 Å². The van der Waals surface area contributed by atoms with Crippen LogP contribution in [0.4, 0.5) is 5.69 Å². The Morgan fingerprint density at radius 3 is 2.34 bits per heavy atom. The zero-order valence-electron chi connectivity index (χ0n) is 16.7. The van der Waals surface area contributed by atoms with Crippen molar-refractivity contribution in [3.63, 3.8) is 0 Å². The lowest BCUT2D eigenvalue weighted by molar-refractivity contribution is 0.469. The fourth-order valence-electron chi connectivity index (χ4n) is 5.09. The molecule has 3 heteroatoms. The molecule has 0 bridgehead atoms. The minimum absolute atomic E-state index is 0.318. The first-order valence-electron chi connectivity index (χ1n) is 10.7. The molecule has 1 aliphatic carbocycles. The molecule has 2 atom stereocenters. The Balaban J connectivity index is 1.53. The summed E-state index contributed by atoms with van der Waals surface area (Å²) in [5, 5.41) is 13.4. The summed E-state index contributed by atoms with van der Waals surface area (Å²) in [7, 11) is 0. The van der Waals surface area contributed by atoms with Gasteiger partial charge in [0.2, 0.25) is 0 Å². The van der Waals surface area contributed by atoms with E-state index in [2.05, 4.69) is 70.9 Å². The van der Waals surface area contributed by atoms with Gasteiger partial charge in [-0.05, 0) is 65.3 Å². The van der Waals surface area contributed by atoms with E-state index >= 15 is 0 Å². The summed E-state index contributed by atoms with van der Waals surface area (Å²) in [6, 6.07) is 26.1. The lowest BCUT2D eigenvalue weighted by Crippen LogP contribution is -2.43. The van der Waals surface area contributed by atoms with Crippen LogP contribution < -0.4 is 10.2 Å². The largest absolute Gasteiger partial charge is 0.508 e. The summed E-state index contributed by atoms with van der Waals surface area (Å²) in [6.45, 7) is 4.24. The fraction of sp³-hybridized carbons (Fsp3) is 0.308. The Hall–Kier alpha value is -2.78. The SMILES string of the molecule is Oc1ccc2c(c1)CC[C@H](c1ccccc1)[C@@H]2c1ccc(N2CCNCC2)cc1. The third-order valence-corrected chi connectivity index (χ3v) is 6.55. The lowest BCUT2D eigenvalue weighted by atomic mass is 9.69. The number of nitrogens with zero attached hydrogens (tertiary/aromatic N) is 1. The molecule has 5 rings (SSSR count). The van der Waals surface area contributed by atoms with E-state index in [9.17, 15) is 5.11 Å². The van der Waals surface area contributed by atoms with E-state index in [1.54, 1.807) is 0 Å². The van der Waals surface area contributed by atoms with Crippen molar-refractivity contribution in [1.82, 2.24) is 5.32 Å². The fourth-order valence-corrected chi connectivity index (χ4v) is 5.09. The van der Waals surface area contributed by atoms with E-state index in [0.29, 0.717) is 17.6 Å². The number of phenolic OH excluding ortho intramolecular Hbond substituents is 1. The second kappa shape index (κ2) is 7.92. The van der Waals surface area contributed by atoms with Crippen LogP contribution in [-0.4, -0.2) is 31.3 Å². The molecule has 2 aliphatic rings. The molecule has 3 aromatic rings. The van der Waals surface area contributed by atoms with Crippen LogP contribution in [0.5, 0.6) is 5.75 Å². The Morgan fingerprint density at radius 1 is 0.828 bits per heavy atom. The molecular formula is C26H28N2O. The van der Waals surface area contributed by atoms with Crippen LogP contribution in [0, 0.1) is 0 Å².